The number of aliphatic hydroxyl groups is 1. The van der Waals surface area contributed by atoms with Gasteiger partial charge in [0.1, 0.15) is 0 Å². The second-order valence-electron chi connectivity index (χ2n) is 4.30. The van der Waals surface area contributed by atoms with Crippen LogP contribution in [0.4, 0.5) is 0 Å². The summed E-state index contributed by atoms with van der Waals surface area (Å²) in [6, 6.07) is 9.66. The number of nitrogens with zero attached hydrogens (tertiary/aromatic N) is 2. The van der Waals surface area contributed by atoms with Gasteiger partial charge in [-0.25, -0.2) is 0 Å². The Morgan fingerprint density at radius 3 is 2.68 bits per heavy atom. The summed E-state index contributed by atoms with van der Waals surface area (Å²) < 4.78 is 5.19. The third-order valence-electron chi connectivity index (χ3n) is 2.84. The van der Waals surface area contributed by atoms with Crippen LogP contribution in [0.25, 0.3) is 0 Å². The van der Waals surface area contributed by atoms with E-state index in [2.05, 4.69) is 10.1 Å². The van der Waals surface area contributed by atoms with Crippen molar-refractivity contribution >= 4 is 11.8 Å². The number of aromatic nitrogens is 2. The first-order chi connectivity index (χ1) is 9.20. The molecule has 1 aromatic carbocycles. The lowest BCUT2D eigenvalue weighted by Gasteiger charge is -2.12. The topological polar surface area (TPSA) is 59.2 Å². The van der Waals surface area contributed by atoms with Gasteiger partial charge in [0.15, 0.2) is 5.82 Å². The lowest BCUT2D eigenvalue weighted by atomic mass is 10.1. The van der Waals surface area contributed by atoms with Crippen LogP contribution < -0.4 is 0 Å². The highest BCUT2D eigenvalue weighted by molar-refractivity contribution is 7.99. The largest absolute Gasteiger partial charge is 0.388 e. The first-order valence-corrected chi connectivity index (χ1v) is 7.42. The van der Waals surface area contributed by atoms with E-state index in [1.165, 1.54) is 0 Å². The van der Waals surface area contributed by atoms with Crippen LogP contribution in [0, 0.1) is 0 Å². The molecule has 5 heteroatoms. The van der Waals surface area contributed by atoms with Crippen LogP contribution in [-0.2, 0) is 6.42 Å². The normalized spacial score (nSPS) is 14.3. The highest BCUT2D eigenvalue weighted by Gasteiger charge is 2.16. The van der Waals surface area contributed by atoms with Crippen molar-refractivity contribution in [2.75, 3.05) is 5.75 Å². The second kappa shape index (κ2) is 6.73. The van der Waals surface area contributed by atoms with Crippen LogP contribution in [0.15, 0.2) is 34.9 Å². The van der Waals surface area contributed by atoms with Crippen molar-refractivity contribution in [2.45, 2.75) is 31.6 Å². The molecule has 2 atom stereocenters. The summed E-state index contributed by atoms with van der Waals surface area (Å²) in [7, 11) is 0. The summed E-state index contributed by atoms with van der Waals surface area (Å²) in [6.07, 6.45) is 0.301. The van der Waals surface area contributed by atoms with Gasteiger partial charge in [-0.1, -0.05) is 42.4 Å². The van der Waals surface area contributed by atoms with Crippen molar-refractivity contribution in [3.05, 3.63) is 47.6 Å². The Labute approximate surface area is 117 Å². The summed E-state index contributed by atoms with van der Waals surface area (Å²) in [4.78, 5) is 4.30. The van der Waals surface area contributed by atoms with E-state index < -0.39 is 6.10 Å². The highest BCUT2D eigenvalue weighted by Crippen LogP contribution is 2.30. The van der Waals surface area contributed by atoms with Crippen molar-refractivity contribution < 1.29 is 9.63 Å². The van der Waals surface area contributed by atoms with E-state index in [9.17, 15) is 5.11 Å². The molecule has 2 unspecified atom stereocenters. The molecule has 0 radical (unpaired) electrons. The summed E-state index contributed by atoms with van der Waals surface area (Å²) in [6.45, 7) is 4.00. The maximum absolute atomic E-state index is 10.1. The molecule has 102 valence electrons. The Hall–Kier alpha value is -1.33. The molecule has 0 aliphatic heterocycles. The molecule has 0 amide bonds. The molecule has 0 saturated carbocycles. The van der Waals surface area contributed by atoms with Crippen molar-refractivity contribution in [1.29, 1.82) is 0 Å². The minimum atomic E-state index is -0.470. The second-order valence-corrected chi connectivity index (χ2v) is 5.68. The Morgan fingerprint density at radius 2 is 2.05 bits per heavy atom. The van der Waals surface area contributed by atoms with Crippen LogP contribution in [0.2, 0.25) is 0 Å². The fraction of sp³-hybridized carbons (Fsp3) is 0.429. The fourth-order valence-electron chi connectivity index (χ4n) is 1.65. The molecule has 19 heavy (non-hydrogen) atoms. The molecule has 0 aliphatic rings. The highest BCUT2D eigenvalue weighted by atomic mass is 32.2. The number of benzene rings is 1. The van der Waals surface area contributed by atoms with Crippen LogP contribution >= 0.6 is 11.8 Å². The number of hydrogen-bond donors (Lipinski definition) is 1. The SMILES string of the molecule is CCc1noc(C(C)SCC(O)c2ccccc2)n1. The number of thioether (sulfide) groups is 1. The van der Waals surface area contributed by atoms with E-state index in [1.54, 1.807) is 11.8 Å². The molecule has 0 bridgehead atoms. The van der Waals surface area contributed by atoms with Gasteiger partial charge in [-0.3, -0.25) is 0 Å². The molecular formula is C14H18N2O2S. The molecule has 4 nitrogen and oxygen atoms in total. The van der Waals surface area contributed by atoms with Crippen molar-refractivity contribution in [3.63, 3.8) is 0 Å². The minimum absolute atomic E-state index is 0.0890. The Kier molecular flexibility index (Phi) is 4.99. The molecular weight excluding hydrogens is 260 g/mol. The molecule has 0 saturated heterocycles. The molecule has 1 heterocycles. The third-order valence-corrected chi connectivity index (χ3v) is 4.05. The van der Waals surface area contributed by atoms with Gasteiger partial charge in [0.05, 0.1) is 11.4 Å². The zero-order valence-corrected chi connectivity index (χ0v) is 11.9. The smallest absolute Gasteiger partial charge is 0.239 e. The predicted molar refractivity (Wildman–Crippen MR) is 76.0 cm³/mol. The van der Waals surface area contributed by atoms with E-state index in [0.717, 1.165) is 17.8 Å². The van der Waals surface area contributed by atoms with Gasteiger partial charge in [0, 0.05) is 12.2 Å². The van der Waals surface area contributed by atoms with Crippen molar-refractivity contribution in [3.8, 4) is 0 Å². The van der Waals surface area contributed by atoms with Gasteiger partial charge in [-0.2, -0.15) is 4.98 Å². The number of aliphatic hydroxyl groups excluding tert-OH is 1. The molecule has 1 N–H and O–H groups in total. The van der Waals surface area contributed by atoms with Crippen LogP contribution in [0.5, 0.6) is 0 Å². The lowest BCUT2D eigenvalue weighted by molar-refractivity contribution is 0.204. The van der Waals surface area contributed by atoms with Crippen LogP contribution in [0.1, 0.15) is 42.5 Å². The Balaban J connectivity index is 1.88. The Morgan fingerprint density at radius 1 is 1.32 bits per heavy atom. The van der Waals surface area contributed by atoms with Gasteiger partial charge in [-0.05, 0) is 12.5 Å². The molecule has 2 rings (SSSR count). The summed E-state index contributed by atoms with van der Waals surface area (Å²) in [5, 5.41) is 14.0. The maximum atomic E-state index is 10.1. The van der Waals surface area contributed by atoms with E-state index in [-0.39, 0.29) is 5.25 Å². The van der Waals surface area contributed by atoms with Crippen LogP contribution in [-0.4, -0.2) is 21.0 Å². The Bertz CT molecular complexity index is 501. The van der Waals surface area contributed by atoms with E-state index in [4.69, 9.17) is 4.52 Å². The fourth-order valence-corrected chi connectivity index (χ4v) is 2.56. The lowest BCUT2D eigenvalue weighted by Crippen LogP contribution is -2.02. The molecule has 2 aromatic rings. The number of aryl methyl sites for hydroxylation is 1. The van der Waals surface area contributed by atoms with E-state index in [1.807, 2.05) is 44.2 Å². The zero-order chi connectivity index (χ0) is 13.7. The van der Waals surface area contributed by atoms with Gasteiger partial charge >= 0.3 is 0 Å². The van der Waals surface area contributed by atoms with Gasteiger partial charge in [0.2, 0.25) is 5.89 Å². The average molecular weight is 278 g/mol. The molecule has 0 spiro atoms. The number of rotatable bonds is 6. The summed E-state index contributed by atoms with van der Waals surface area (Å²) in [5.74, 6) is 1.96. The quantitative estimate of drug-likeness (QED) is 0.879. The van der Waals surface area contributed by atoms with E-state index in [0.29, 0.717) is 11.6 Å². The van der Waals surface area contributed by atoms with Gasteiger partial charge in [0.25, 0.3) is 0 Å². The van der Waals surface area contributed by atoms with Crippen molar-refractivity contribution in [2.24, 2.45) is 0 Å². The monoisotopic (exact) mass is 278 g/mol. The molecule has 0 fully saturated rings. The molecule has 1 aromatic heterocycles. The van der Waals surface area contributed by atoms with Crippen molar-refractivity contribution in [1.82, 2.24) is 10.1 Å². The van der Waals surface area contributed by atoms with Gasteiger partial charge in [-0.15, -0.1) is 11.8 Å². The summed E-state index contributed by atoms with van der Waals surface area (Å²) >= 11 is 1.61. The third kappa shape index (κ3) is 3.81. The minimum Gasteiger partial charge on any atom is -0.388 e. The van der Waals surface area contributed by atoms with Crippen LogP contribution in [0.3, 0.4) is 0 Å². The predicted octanol–water partition coefficient (Wildman–Crippen LogP) is 3.16. The number of hydrogen-bond acceptors (Lipinski definition) is 5. The first-order valence-electron chi connectivity index (χ1n) is 6.37. The van der Waals surface area contributed by atoms with E-state index >= 15 is 0 Å². The molecule has 0 aliphatic carbocycles. The average Bonchev–Trinajstić information content (AvgIpc) is 2.94. The first kappa shape index (κ1) is 14.1. The standard InChI is InChI=1S/C14H18N2O2S/c1-3-13-15-14(18-16-13)10(2)19-9-12(17)11-7-5-4-6-8-11/h4-8,10,12,17H,3,9H2,1-2H3. The maximum Gasteiger partial charge on any atom is 0.239 e. The summed E-state index contributed by atoms with van der Waals surface area (Å²) in [5.41, 5.74) is 0.932. The van der Waals surface area contributed by atoms with Gasteiger partial charge < -0.3 is 9.63 Å². The zero-order valence-electron chi connectivity index (χ0n) is 11.1.